The Morgan fingerprint density at radius 2 is 1.69 bits per heavy atom. The van der Waals surface area contributed by atoms with Gasteiger partial charge in [0.05, 0.1) is 9.92 Å². The molecule has 0 fully saturated rings. The lowest BCUT2D eigenvalue weighted by molar-refractivity contribution is 0.537. The monoisotopic (exact) mass is 251 g/mol. The smallest absolute Gasteiger partial charge is 0.0562 e. The molecule has 82 valence electrons. The number of hydrogen-bond acceptors (Lipinski definition) is 2. The Bertz CT molecular complexity index is 526. The van der Waals surface area contributed by atoms with Crippen LogP contribution in [0.4, 0.5) is 0 Å². The standard InChI is InChI=1S/C12H9ClO2S/c13-11-8-4-7-10(12(11)16(14)15)9-5-2-1-3-6-9/h1-8H,(H,14,15)/p-1. The van der Waals surface area contributed by atoms with Gasteiger partial charge < -0.3 is 4.55 Å². The minimum atomic E-state index is -2.33. The van der Waals surface area contributed by atoms with E-state index in [0.717, 1.165) is 5.56 Å². The zero-order chi connectivity index (χ0) is 11.5. The van der Waals surface area contributed by atoms with Crippen molar-refractivity contribution in [2.75, 3.05) is 0 Å². The minimum absolute atomic E-state index is 0.148. The van der Waals surface area contributed by atoms with Crippen molar-refractivity contribution in [3.8, 4) is 11.1 Å². The Balaban J connectivity index is 2.66. The molecule has 0 aromatic heterocycles. The summed E-state index contributed by atoms with van der Waals surface area (Å²) < 4.78 is 22.3. The molecule has 0 amide bonds. The quantitative estimate of drug-likeness (QED) is 0.769. The van der Waals surface area contributed by atoms with E-state index >= 15 is 0 Å². The van der Waals surface area contributed by atoms with E-state index in [9.17, 15) is 8.76 Å². The van der Waals surface area contributed by atoms with Crippen molar-refractivity contribution in [1.82, 2.24) is 0 Å². The van der Waals surface area contributed by atoms with Gasteiger partial charge in [0, 0.05) is 0 Å². The van der Waals surface area contributed by atoms with Gasteiger partial charge in [-0.2, -0.15) is 0 Å². The van der Waals surface area contributed by atoms with Crippen molar-refractivity contribution in [2.24, 2.45) is 0 Å². The van der Waals surface area contributed by atoms with Crippen LogP contribution < -0.4 is 0 Å². The average Bonchev–Trinajstić information content (AvgIpc) is 2.29. The fourth-order valence-electron chi connectivity index (χ4n) is 1.52. The molecular weight excluding hydrogens is 244 g/mol. The first-order valence-electron chi connectivity index (χ1n) is 4.63. The molecule has 0 aliphatic rings. The van der Waals surface area contributed by atoms with Crippen molar-refractivity contribution in [3.05, 3.63) is 53.6 Å². The van der Waals surface area contributed by atoms with Gasteiger partial charge in [0.2, 0.25) is 0 Å². The van der Waals surface area contributed by atoms with E-state index in [4.69, 9.17) is 11.6 Å². The van der Waals surface area contributed by atoms with E-state index in [1.165, 1.54) is 0 Å². The van der Waals surface area contributed by atoms with Crippen LogP contribution in [0.15, 0.2) is 53.4 Å². The van der Waals surface area contributed by atoms with Crippen LogP contribution in [-0.2, 0) is 11.1 Å². The van der Waals surface area contributed by atoms with Crippen LogP contribution in [-0.4, -0.2) is 8.76 Å². The van der Waals surface area contributed by atoms with Gasteiger partial charge >= 0.3 is 0 Å². The zero-order valence-electron chi connectivity index (χ0n) is 8.22. The van der Waals surface area contributed by atoms with Crippen LogP contribution in [0.2, 0.25) is 5.02 Å². The fourth-order valence-corrected chi connectivity index (χ4v) is 2.48. The molecule has 2 rings (SSSR count). The lowest BCUT2D eigenvalue weighted by Gasteiger charge is -2.13. The second kappa shape index (κ2) is 4.78. The molecule has 1 unspecified atom stereocenters. The first-order valence-corrected chi connectivity index (χ1v) is 6.08. The minimum Gasteiger partial charge on any atom is -0.768 e. The molecule has 4 heteroatoms. The van der Waals surface area contributed by atoms with Crippen molar-refractivity contribution in [3.63, 3.8) is 0 Å². The molecule has 16 heavy (non-hydrogen) atoms. The molecule has 0 aliphatic carbocycles. The highest BCUT2D eigenvalue weighted by Crippen LogP contribution is 2.31. The molecule has 0 aliphatic heterocycles. The Kier molecular flexibility index (Phi) is 3.39. The highest BCUT2D eigenvalue weighted by atomic mass is 35.5. The summed E-state index contributed by atoms with van der Waals surface area (Å²) >= 11 is 3.55. The third kappa shape index (κ3) is 2.16. The van der Waals surface area contributed by atoms with Gasteiger partial charge in [-0.3, -0.25) is 4.21 Å². The summed E-state index contributed by atoms with van der Waals surface area (Å²) in [5.74, 6) is 0. The van der Waals surface area contributed by atoms with E-state index in [1.54, 1.807) is 18.2 Å². The lowest BCUT2D eigenvalue weighted by Crippen LogP contribution is -1.94. The summed E-state index contributed by atoms with van der Waals surface area (Å²) in [5.41, 5.74) is 1.46. The molecule has 2 aromatic carbocycles. The fraction of sp³-hybridized carbons (Fsp3) is 0. The highest BCUT2D eigenvalue weighted by molar-refractivity contribution is 7.79. The molecule has 0 N–H and O–H groups in total. The van der Waals surface area contributed by atoms with E-state index in [2.05, 4.69) is 0 Å². The molecule has 0 heterocycles. The van der Waals surface area contributed by atoms with Crippen LogP contribution in [0, 0.1) is 0 Å². The topological polar surface area (TPSA) is 40.1 Å². The van der Waals surface area contributed by atoms with Crippen molar-refractivity contribution >= 4 is 22.7 Å². The Hall–Kier alpha value is -1.16. The predicted octanol–water partition coefficient (Wildman–Crippen LogP) is 3.25. The Labute approximate surface area is 101 Å². The zero-order valence-corrected chi connectivity index (χ0v) is 9.79. The molecule has 2 aromatic rings. The summed E-state index contributed by atoms with van der Waals surface area (Å²) in [6.45, 7) is 0. The lowest BCUT2D eigenvalue weighted by atomic mass is 10.1. The van der Waals surface area contributed by atoms with Crippen molar-refractivity contribution in [1.29, 1.82) is 0 Å². The number of rotatable bonds is 2. The number of halogens is 1. The molecule has 0 spiro atoms. The molecule has 0 bridgehead atoms. The van der Waals surface area contributed by atoms with Crippen LogP contribution in [0.5, 0.6) is 0 Å². The van der Waals surface area contributed by atoms with E-state index in [-0.39, 0.29) is 9.92 Å². The predicted molar refractivity (Wildman–Crippen MR) is 64.1 cm³/mol. The van der Waals surface area contributed by atoms with Crippen LogP contribution in [0.1, 0.15) is 0 Å². The summed E-state index contributed by atoms with van der Waals surface area (Å²) in [6.07, 6.45) is 0. The molecular formula is C12H8ClO2S-. The maximum atomic E-state index is 11.1. The third-order valence-corrected chi connectivity index (χ3v) is 3.42. The van der Waals surface area contributed by atoms with Gasteiger partial charge in [-0.05, 0) is 28.3 Å². The summed E-state index contributed by atoms with van der Waals surface area (Å²) in [6, 6.07) is 14.3. The second-order valence-corrected chi connectivity index (χ2v) is 4.50. The van der Waals surface area contributed by atoms with Crippen molar-refractivity contribution < 1.29 is 8.76 Å². The average molecular weight is 252 g/mol. The molecule has 0 saturated carbocycles. The normalized spacial score (nSPS) is 12.4. The van der Waals surface area contributed by atoms with Gasteiger partial charge in [0.25, 0.3) is 0 Å². The Morgan fingerprint density at radius 3 is 2.31 bits per heavy atom. The first kappa shape index (κ1) is 11.3. The van der Waals surface area contributed by atoms with Crippen LogP contribution >= 0.6 is 11.6 Å². The van der Waals surface area contributed by atoms with E-state index in [1.807, 2.05) is 30.3 Å². The van der Waals surface area contributed by atoms with Crippen LogP contribution in [0.3, 0.4) is 0 Å². The summed E-state index contributed by atoms with van der Waals surface area (Å²) in [4.78, 5) is 0.148. The molecule has 0 saturated heterocycles. The highest BCUT2D eigenvalue weighted by Gasteiger charge is 2.08. The third-order valence-electron chi connectivity index (χ3n) is 2.22. The van der Waals surface area contributed by atoms with Gasteiger partial charge in [0.1, 0.15) is 0 Å². The first-order chi connectivity index (χ1) is 7.70. The van der Waals surface area contributed by atoms with Gasteiger partial charge in [-0.15, -0.1) is 0 Å². The number of benzene rings is 2. The van der Waals surface area contributed by atoms with Gasteiger partial charge in [-0.1, -0.05) is 54.1 Å². The largest absolute Gasteiger partial charge is 0.768 e. The molecule has 2 nitrogen and oxygen atoms in total. The number of hydrogen-bond donors (Lipinski definition) is 0. The van der Waals surface area contributed by atoms with Gasteiger partial charge in [0.15, 0.2) is 0 Å². The van der Waals surface area contributed by atoms with Crippen molar-refractivity contribution in [2.45, 2.75) is 4.90 Å². The molecule has 1 atom stereocenters. The van der Waals surface area contributed by atoms with E-state index in [0.29, 0.717) is 5.56 Å². The Morgan fingerprint density at radius 1 is 1.00 bits per heavy atom. The summed E-state index contributed by atoms with van der Waals surface area (Å²) in [5, 5.41) is 0.245. The molecule has 0 radical (unpaired) electrons. The maximum Gasteiger partial charge on any atom is 0.0562 e. The SMILES string of the molecule is O=S([O-])c1c(Cl)cccc1-c1ccccc1. The second-order valence-electron chi connectivity index (χ2n) is 3.22. The van der Waals surface area contributed by atoms with Crippen LogP contribution in [0.25, 0.3) is 11.1 Å². The summed E-state index contributed by atoms with van der Waals surface area (Å²) in [7, 11) is 0. The maximum absolute atomic E-state index is 11.1. The van der Waals surface area contributed by atoms with Gasteiger partial charge in [-0.25, -0.2) is 0 Å². The van der Waals surface area contributed by atoms with E-state index < -0.39 is 11.1 Å².